The molecular weight excluding hydrogens is 240 g/mol. The summed E-state index contributed by atoms with van der Waals surface area (Å²) >= 11 is 1.92. The molecule has 1 atom stereocenters. The zero-order valence-electron chi connectivity index (χ0n) is 12.1. The Morgan fingerprint density at radius 1 is 1.39 bits per heavy atom. The van der Waals surface area contributed by atoms with Crippen LogP contribution in [0.15, 0.2) is 6.07 Å². The van der Waals surface area contributed by atoms with Gasteiger partial charge in [0.1, 0.15) is 0 Å². The number of hydrogen-bond acceptors (Lipinski definition) is 3. The van der Waals surface area contributed by atoms with Gasteiger partial charge in [-0.2, -0.15) is 0 Å². The van der Waals surface area contributed by atoms with Crippen LogP contribution in [0.5, 0.6) is 0 Å². The lowest BCUT2D eigenvalue weighted by Gasteiger charge is -2.33. The number of thiophene rings is 1. The van der Waals surface area contributed by atoms with Crippen molar-refractivity contribution >= 4 is 11.3 Å². The molecule has 18 heavy (non-hydrogen) atoms. The Kier molecular flexibility index (Phi) is 4.82. The van der Waals surface area contributed by atoms with E-state index in [9.17, 15) is 0 Å². The molecule has 1 aliphatic rings. The second-order valence-electron chi connectivity index (χ2n) is 5.47. The third-order valence-electron chi connectivity index (χ3n) is 4.07. The first-order valence-electron chi connectivity index (χ1n) is 7.15. The van der Waals surface area contributed by atoms with E-state index in [2.05, 4.69) is 44.0 Å². The molecule has 1 aliphatic heterocycles. The molecule has 2 rings (SSSR count). The maximum Gasteiger partial charge on any atom is 0.0305 e. The van der Waals surface area contributed by atoms with Crippen molar-refractivity contribution in [3.63, 3.8) is 0 Å². The summed E-state index contributed by atoms with van der Waals surface area (Å²) < 4.78 is 0. The fraction of sp³-hybridized carbons (Fsp3) is 0.733. The number of nitrogens with zero attached hydrogens (tertiary/aromatic N) is 1. The molecule has 1 unspecified atom stereocenters. The van der Waals surface area contributed by atoms with Gasteiger partial charge in [0.15, 0.2) is 0 Å². The smallest absolute Gasteiger partial charge is 0.0305 e. The van der Waals surface area contributed by atoms with Crippen molar-refractivity contribution in [1.82, 2.24) is 10.2 Å². The molecule has 0 aliphatic carbocycles. The van der Waals surface area contributed by atoms with Crippen LogP contribution >= 0.6 is 11.3 Å². The van der Waals surface area contributed by atoms with Gasteiger partial charge >= 0.3 is 0 Å². The summed E-state index contributed by atoms with van der Waals surface area (Å²) in [5.74, 6) is 0. The summed E-state index contributed by atoms with van der Waals surface area (Å²) in [6.07, 6.45) is 2.58. The first-order valence-corrected chi connectivity index (χ1v) is 7.97. The zero-order valence-corrected chi connectivity index (χ0v) is 12.9. The summed E-state index contributed by atoms with van der Waals surface area (Å²) in [5, 5.41) is 3.81. The van der Waals surface area contributed by atoms with Crippen LogP contribution in [0.25, 0.3) is 0 Å². The average Bonchev–Trinajstić information content (AvgIpc) is 2.69. The summed E-state index contributed by atoms with van der Waals surface area (Å²) in [6.45, 7) is 12.7. The molecule has 1 aromatic rings. The van der Waals surface area contributed by atoms with E-state index in [1.54, 1.807) is 0 Å². The van der Waals surface area contributed by atoms with Gasteiger partial charge in [0, 0.05) is 21.8 Å². The highest BCUT2D eigenvalue weighted by atomic mass is 32.1. The van der Waals surface area contributed by atoms with Crippen LogP contribution in [0.1, 0.15) is 48.0 Å². The molecule has 2 nitrogen and oxygen atoms in total. The van der Waals surface area contributed by atoms with Gasteiger partial charge < -0.3 is 10.2 Å². The molecular formula is C15H26N2S. The number of likely N-dealkylation sites (tertiary alicyclic amines) is 1. The SMILES string of the molecule is CCN1CCC(NC(C)c2cc(C)sc2C)CC1. The van der Waals surface area contributed by atoms with Crippen molar-refractivity contribution in [2.24, 2.45) is 0 Å². The predicted molar refractivity (Wildman–Crippen MR) is 80.5 cm³/mol. The molecule has 2 heterocycles. The Morgan fingerprint density at radius 2 is 2.06 bits per heavy atom. The van der Waals surface area contributed by atoms with E-state index < -0.39 is 0 Å². The van der Waals surface area contributed by atoms with Gasteiger partial charge in [-0.05, 0) is 64.9 Å². The minimum absolute atomic E-state index is 0.494. The van der Waals surface area contributed by atoms with Crippen molar-refractivity contribution in [1.29, 1.82) is 0 Å². The van der Waals surface area contributed by atoms with E-state index in [1.807, 2.05) is 11.3 Å². The molecule has 102 valence electrons. The van der Waals surface area contributed by atoms with Crippen molar-refractivity contribution in [2.75, 3.05) is 19.6 Å². The largest absolute Gasteiger partial charge is 0.307 e. The molecule has 0 amide bonds. The van der Waals surface area contributed by atoms with Gasteiger partial charge in [-0.3, -0.25) is 0 Å². The van der Waals surface area contributed by atoms with E-state index in [-0.39, 0.29) is 0 Å². The Balaban J connectivity index is 1.88. The maximum absolute atomic E-state index is 3.81. The third-order valence-corrected chi connectivity index (χ3v) is 5.05. The quantitative estimate of drug-likeness (QED) is 0.897. The van der Waals surface area contributed by atoms with Gasteiger partial charge in [0.05, 0.1) is 0 Å². The third kappa shape index (κ3) is 3.34. The lowest BCUT2D eigenvalue weighted by atomic mass is 10.0. The van der Waals surface area contributed by atoms with Crippen LogP contribution in [0.2, 0.25) is 0 Å². The normalized spacial score (nSPS) is 20.2. The van der Waals surface area contributed by atoms with E-state index in [0.717, 1.165) is 0 Å². The van der Waals surface area contributed by atoms with Gasteiger partial charge in [0.25, 0.3) is 0 Å². The monoisotopic (exact) mass is 266 g/mol. The van der Waals surface area contributed by atoms with E-state index in [0.29, 0.717) is 12.1 Å². The molecule has 0 bridgehead atoms. The lowest BCUT2D eigenvalue weighted by Crippen LogP contribution is -2.43. The van der Waals surface area contributed by atoms with Gasteiger partial charge in [-0.25, -0.2) is 0 Å². The standard InChI is InChI=1S/C15H26N2S/c1-5-17-8-6-14(7-9-17)16-12(3)15-10-11(2)18-13(15)4/h10,12,14,16H,5-9H2,1-4H3. The molecule has 1 fully saturated rings. The van der Waals surface area contributed by atoms with Crippen LogP contribution in [-0.2, 0) is 0 Å². The fourth-order valence-electron chi connectivity index (χ4n) is 2.94. The molecule has 3 heteroatoms. The zero-order chi connectivity index (χ0) is 13.1. The van der Waals surface area contributed by atoms with E-state index >= 15 is 0 Å². The Hall–Kier alpha value is -0.380. The van der Waals surface area contributed by atoms with Crippen LogP contribution in [0.4, 0.5) is 0 Å². The second-order valence-corrected chi connectivity index (χ2v) is 6.93. The summed E-state index contributed by atoms with van der Waals surface area (Å²) in [6, 6.07) is 3.54. The molecule has 0 aromatic carbocycles. The predicted octanol–water partition coefficient (Wildman–Crippen LogP) is 3.50. The topological polar surface area (TPSA) is 15.3 Å². The number of hydrogen-bond donors (Lipinski definition) is 1. The van der Waals surface area contributed by atoms with Crippen LogP contribution in [0, 0.1) is 13.8 Å². The Labute approximate surface area is 115 Å². The van der Waals surface area contributed by atoms with E-state index in [4.69, 9.17) is 0 Å². The van der Waals surface area contributed by atoms with Crippen LogP contribution in [-0.4, -0.2) is 30.6 Å². The molecule has 1 aromatic heterocycles. The average molecular weight is 266 g/mol. The van der Waals surface area contributed by atoms with Crippen molar-refractivity contribution in [2.45, 2.75) is 52.6 Å². The van der Waals surface area contributed by atoms with Crippen molar-refractivity contribution < 1.29 is 0 Å². The highest BCUT2D eigenvalue weighted by Gasteiger charge is 2.20. The Bertz CT molecular complexity index is 378. The van der Waals surface area contributed by atoms with Gasteiger partial charge in [-0.15, -0.1) is 11.3 Å². The van der Waals surface area contributed by atoms with Crippen molar-refractivity contribution in [3.8, 4) is 0 Å². The summed E-state index contributed by atoms with van der Waals surface area (Å²) in [4.78, 5) is 5.44. The highest BCUT2D eigenvalue weighted by Crippen LogP contribution is 2.27. The fourth-order valence-corrected chi connectivity index (χ4v) is 3.96. The second kappa shape index (κ2) is 6.18. The van der Waals surface area contributed by atoms with Gasteiger partial charge in [-0.1, -0.05) is 6.92 Å². The number of aryl methyl sites for hydroxylation is 2. The molecule has 0 saturated carbocycles. The first kappa shape index (κ1) is 14.0. The Morgan fingerprint density at radius 3 is 2.56 bits per heavy atom. The minimum Gasteiger partial charge on any atom is -0.307 e. The summed E-state index contributed by atoms with van der Waals surface area (Å²) in [5.41, 5.74) is 1.50. The first-order chi connectivity index (χ1) is 8.60. The van der Waals surface area contributed by atoms with E-state index in [1.165, 1.54) is 47.8 Å². The number of nitrogens with one attached hydrogen (secondary N) is 1. The number of rotatable bonds is 4. The molecule has 0 spiro atoms. The molecule has 1 N–H and O–H groups in total. The van der Waals surface area contributed by atoms with Crippen molar-refractivity contribution in [3.05, 3.63) is 21.4 Å². The maximum atomic E-state index is 3.81. The van der Waals surface area contributed by atoms with Crippen LogP contribution in [0.3, 0.4) is 0 Å². The highest BCUT2D eigenvalue weighted by molar-refractivity contribution is 7.12. The lowest BCUT2D eigenvalue weighted by molar-refractivity contribution is 0.200. The summed E-state index contributed by atoms with van der Waals surface area (Å²) in [7, 11) is 0. The van der Waals surface area contributed by atoms with Gasteiger partial charge in [0.2, 0.25) is 0 Å². The number of piperidine rings is 1. The van der Waals surface area contributed by atoms with Crippen LogP contribution < -0.4 is 5.32 Å². The molecule has 1 saturated heterocycles. The minimum atomic E-state index is 0.494. The molecule has 0 radical (unpaired) electrons.